The summed E-state index contributed by atoms with van der Waals surface area (Å²) in [5.41, 5.74) is 1.33. The monoisotopic (exact) mass is 432 g/mol. The van der Waals surface area contributed by atoms with E-state index in [9.17, 15) is 4.79 Å². The van der Waals surface area contributed by atoms with E-state index in [1.165, 1.54) is 11.8 Å². The number of hydrogen-bond donors (Lipinski definition) is 1. The van der Waals surface area contributed by atoms with Crippen LogP contribution >= 0.6 is 11.8 Å². The number of thioether (sulfide) groups is 1. The molecule has 2 aromatic heterocycles. The molecule has 0 aliphatic rings. The van der Waals surface area contributed by atoms with Crippen molar-refractivity contribution in [3.8, 4) is 23.0 Å². The fourth-order valence-corrected chi connectivity index (χ4v) is 3.58. The number of aryl methyl sites for hydroxylation is 1. The number of ether oxygens (including phenoxy) is 3. The number of nitrogens with one attached hydrogen (secondary N) is 1. The van der Waals surface area contributed by atoms with Crippen molar-refractivity contribution in [2.24, 2.45) is 7.05 Å². The lowest BCUT2D eigenvalue weighted by atomic mass is 10.3. The van der Waals surface area contributed by atoms with Crippen LogP contribution in [-0.4, -0.2) is 64.1 Å². The van der Waals surface area contributed by atoms with Crippen molar-refractivity contribution in [3.05, 3.63) is 30.5 Å². The quantitative estimate of drug-likeness (QED) is 0.486. The summed E-state index contributed by atoms with van der Waals surface area (Å²) in [6, 6.07) is 7.25. The van der Waals surface area contributed by atoms with Crippen LogP contribution in [-0.2, 0) is 23.1 Å². The minimum absolute atomic E-state index is 0.160. The zero-order chi connectivity index (χ0) is 21.5. The topological polar surface area (TPSA) is 105 Å². The summed E-state index contributed by atoms with van der Waals surface area (Å²) < 4.78 is 19.4. The molecule has 0 spiro atoms. The van der Waals surface area contributed by atoms with E-state index in [1.807, 2.05) is 22.9 Å². The summed E-state index contributed by atoms with van der Waals surface area (Å²) in [4.78, 5) is 12.5. The maximum Gasteiger partial charge on any atom is 0.243 e. The van der Waals surface area contributed by atoms with E-state index in [0.29, 0.717) is 47.0 Å². The molecule has 0 bridgehead atoms. The summed E-state index contributed by atoms with van der Waals surface area (Å²) in [6.45, 7) is 0.988. The number of hydrogen-bond acceptors (Lipinski definition) is 8. The number of rotatable bonds is 10. The van der Waals surface area contributed by atoms with Gasteiger partial charge in [-0.25, -0.2) is 0 Å². The first-order chi connectivity index (χ1) is 14.6. The Balaban J connectivity index is 1.77. The van der Waals surface area contributed by atoms with Crippen LogP contribution in [0.1, 0.15) is 0 Å². The van der Waals surface area contributed by atoms with Gasteiger partial charge >= 0.3 is 0 Å². The van der Waals surface area contributed by atoms with Crippen LogP contribution in [0.5, 0.6) is 11.6 Å². The second-order valence-electron chi connectivity index (χ2n) is 6.21. The molecule has 1 aromatic carbocycles. The standard InChI is InChI=1S/C19H24N6O4S/c1-24-11-13(18(23-24)29-4)17-21-22-19(25(17)9-10-27-2)30-12-16(26)20-14-7-5-6-8-15(14)28-3/h5-8,11H,9-10,12H2,1-4H3,(H,20,26). The molecule has 160 valence electrons. The van der Waals surface area contributed by atoms with Gasteiger partial charge in [-0.05, 0) is 12.1 Å². The highest BCUT2D eigenvalue weighted by Gasteiger charge is 2.21. The normalized spacial score (nSPS) is 10.8. The second-order valence-corrected chi connectivity index (χ2v) is 7.16. The van der Waals surface area contributed by atoms with Crippen LogP contribution in [0.3, 0.4) is 0 Å². The van der Waals surface area contributed by atoms with Crippen molar-refractivity contribution in [2.45, 2.75) is 11.7 Å². The van der Waals surface area contributed by atoms with Crippen molar-refractivity contribution < 1.29 is 19.0 Å². The summed E-state index contributed by atoms with van der Waals surface area (Å²) in [5, 5.41) is 16.3. The van der Waals surface area contributed by atoms with Crippen molar-refractivity contribution in [1.82, 2.24) is 24.5 Å². The third-order valence-corrected chi connectivity index (χ3v) is 5.15. The third-order valence-electron chi connectivity index (χ3n) is 4.18. The lowest BCUT2D eigenvalue weighted by molar-refractivity contribution is -0.113. The highest BCUT2D eigenvalue weighted by Crippen LogP contribution is 2.30. The molecule has 1 N–H and O–H groups in total. The van der Waals surface area contributed by atoms with E-state index in [-0.39, 0.29) is 11.7 Å². The van der Waals surface area contributed by atoms with E-state index >= 15 is 0 Å². The van der Waals surface area contributed by atoms with Gasteiger partial charge in [-0.1, -0.05) is 23.9 Å². The zero-order valence-electron chi connectivity index (χ0n) is 17.3. The smallest absolute Gasteiger partial charge is 0.243 e. The maximum absolute atomic E-state index is 12.5. The average Bonchev–Trinajstić information content (AvgIpc) is 3.33. The van der Waals surface area contributed by atoms with Gasteiger partial charge in [0.25, 0.3) is 0 Å². The van der Waals surface area contributed by atoms with Gasteiger partial charge < -0.3 is 19.5 Å². The molecule has 0 fully saturated rings. The van der Waals surface area contributed by atoms with Crippen LogP contribution < -0.4 is 14.8 Å². The molecule has 2 heterocycles. The number of carbonyl (C=O) groups is 1. The minimum atomic E-state index is -0.175. The highest BCUT2D eigenvalue weighted by molar-refractivity contribution is 7.99. The average molecular weight is 433 g/mol. The van der Waals surface area contributed by atoms with Crippen molar-refractivity contribution in [3.63, 3.8) is 0 Å². The number of benzene rings is 1. The summed E-state index contributed by atoms with van der Waals surface area (Å²) in [6.07, 6.45) is 1.81. The van der Waals surface area contributed by atoms with Gasteiger partial charge in [0.05, 0.1) is 38.8 Å². The molecule has 3 rings (SSSR count). The minimum Gasteiger partial charge on any atom is -0.495 e. The summed E-state index contributed by atoms with van der Waals surface area (Å²) >= 11 is 1.29. The molecule has 3 aromatic rings. The van der Waals surface area contributed by atoms with Crippen molar-refractivity contribution in [2.75, 3.05) is 39.0 Å². The Morgan fingerprint density at radius 1 is 1.17 bits per heavy atom. The number of para-hydroxylation sites is 2. The number of anilines is 1. The van der Waals surface area contributed by atoms with E-state index in [2.05, 4.69) is 20.6 Å². The molecule has 0 radical (unpaired) electrons. The Morgan fingerprint density at radius 3 is 2.70 bits per heavy atom. The first-order valence-electron chi connectivity index (χ1n) is 9.13. The van der Waals surface area contributed by atoms with E-state index in [0.717, 1.165) is 0 Å². The molecular weight excluding hydrogens is 408 g/mol. The van der Waals surface area contributed by atoms with Crippen LogP contribution in [0.4, 0.5) is 5.69 Å². The fourth-order valence-electron chi connectivity index (χ4n) is 2.82. The van der Waals surface area contributed by atoms with E-state index < -0.39 is 0 Å². The third kappa shape index (κ3) is 4.92. The lowest BCUT2D eigenvalue weighted by Crippen LogP contribution is -2.15. The summed E-state index contributed by atoms with van der Waals surface area (Å²) in [5.74, 6) is 1.64. The summed E-state index contributed by atoms with van der Waals surface area (Å²) in [7, 11) is 6.55. The Hall–Kier alpha value is -3.05. The first-order valence-corrected chi connectivity index (χ1v) is 10.1. The van der Waals surface area contributed by atoms with Gasteiger partial charge in [0, 0.05) is 20.4 Å². The molecule has 0 aliphatic carbocycles. The number of nitrogens with zero attached hydrogens (tertiary/aromatic N) is 5. The highest BCUT2D eigenvalue weighted by atomic mass is 32.2. The SMILES string of the molecule is COCCn1c(SCC(=O)Nc2ccccc2OC)nnc1-c1cn(C)nc1OC. The van der Waals surface area contributed by atoms with Gasteiger partial charge in [-0.3, -0.25) is 14.0 Å². The van der Waals surface area contributed by atoms with Gasteiger partial charge in [0.2, 0.25) is 11.8 Å². The van der Waals surface area contributed by atoms with Crippen LogP contribution in [0.25, 0.3) is 11.4 Å². The van der Waals surface area contributed by atoms with Crippen LogP contribution in [0, 0.1) is 0 Å². The number of methoxy groups -OCH3 is 3. The molecule has 0 saturated heterocycles. The predicted octanol–water partition coefficient (Wildman–Crippen LogP) is 2.07. The van der Waals surface area contributed by atoms with Crippen LogP contribution in [0.2, 0.25) is 0 Å². The predicted molar refractivity (Wildman–Crippen MR) is 113 cm³/mol. The fraction of sp³-hybridized carbons (Fsp3) is 0.368. The molecule has 0 saturated carbocycles. The molecule has 0 aliphatic heterocycles. The molecule has 30 heavy (non-hydrogen) atoms. The number of amides is 1. The Labute approximate surface area is 178 Å². The molecule has 0 unspecified atom stereocenters. The van der Waals surface area contributed by atoms with Gasteiger partial charge in [-0.15, -0.1) is 15.3 Å². The van der Waals surface area contributed by atoms with Gasteiger partial charge in [0.15, 0.2) is 11.0 Å². The molecule has 0 atom stereocenters. The van der Waals surface area contributed by atoms with Gasteiger partial charge in [-0.2, -0.15) is 0 Å². The largest absolute Gasteiger partial charge is 0.495 e. The molecular formula is C19H24N6O4S. The number of aromatic nitrogens is 5. The zero-order valence-corrected chi connectivity index (χ0v) is 18.1. The first kappa shape index (κ1) is 21.7. The Morgan fingerprint density at radius 2 is 1.97 bits per heavy atom. The molecule has 1 amide bonds. The molecule has 10 nitrogen and oxygen atoms in total. The van der Waals surface area contributed by atoms with Crippen molar-refractivity contribution >= 4 is 23.4 Å². The lowest BCUT2D eigenvalue weighted by Gasteiger charge is -2.11. The maximum atomic E-state index is 12.5. The Bertz CT molecular complexity index is 1000. The second kappa shape index (κ2) is 10.1. The van der Waals surface area contributed by atoms with Gasteiger partial charge in [0.1, 0.15) is 11.3 Å². The van der Waals surface area contributed by atoms with E-state index in [1.54, 1.807) is 45.2 Å². The molecule has 11 heteroatoms. The van der Waals surface area contributed by atoms with E-state index in [4.69, 9.17) is 14.2 Å². The number of carbonyl (C=O) groups excluding carboxylic acids is 1. The Kier molecular flexibility index (Phi) is 7.31. The van der Waals surface area contributed by atoms with Crippen molar-refractivity contribution in [1.29, 1.82) is 0 Å². The van der Waals surface area contributed by atoms with Crippen LogP contribution in [0.15, 0.2) is 35.6 Å².